The molecule has 1 aromatic rings. The third-order valence-electron chi connectivity index (χ3n) is 3.30. The maximum atomic E-state index is 12.2. The van der Waals surface area contributed by atoms with Crippen LogP contribution in [0.2, 0.25) is 0 Å². The fourth-order valence-corrected chi connectivity index (χ4v) is 1.97. The zero-order valence-corrected chi connectivity index (χ0v) is 12.5. The van der Waals surface area contributed by atoms with Gasteiger partial charge in [0.05, 0.1) is 0 Å². The van der Waals surface area contributed by atoms with Gasteiger partial charge < -0.3 is 9.80 Å². The number of hydrogen-bond donors (Lipinski definition) is 0. The van der Waals surface area contributed by atoms with Crippen LogP contribution in [-0.4, -0.2) is 42.5 Å². The van der Waals surface area contributed by atoms with E-state index in [1.165, 1.54) is 6.42 Å². The number of carbonyl (C=O) groups excluding carboxylic acids is 1. The summed E-state index contributed by atoms with van der Waals surface area (Å²) in [7, 11) is 2.05. The molecule has 0 unspecified atom stereocenters. The lowest BCUT2D eigenvalue weighted by atomic mass is 10.2. The minimum absolute atomic E-state index is 0.00995. The summed E-state index contributed by atoms with van der Waals surface area (Å²) in [6.07, 6.45) is 4.04. The lowest BCUT2D eigenvalue weighted by Gasteiger charge is -2.21. The average molecular weight is 263 g/mol. The van der Waals surface area contributed by atoms with Gasteiger partial charge in [0.1, 0.15) is 5.69 Å². The van der Waals surface area contributed by atoms with Crippen LogP contribution in [0.3, 0.4) is 0 Å². The molecule has 0 saturated carbocycles. The third kappa shape index (κ3) is 4.23. The quantitative estimate of drug-likeness (QED) is 0.759. The summed E-state index contributed by atoms with van der Waals surface area (Å²) in [5.41, 5.74) is 1.59. The second kappa shape index (κ2) is 7.77. The number of nitrogens with zero attached hydrogens (tertiary/aromatic N) is 3. The minimum Gasteiger partial charge on any atom is -0.374 e. The van der Waals surface area contributed by atoms with Crippen molar-refractivity contribution >= 4 is 11.6 Å². The van der Waals surface area contributed by atoms with E-state index in [-0.39, 0.29) is 5.91 Å². The molecule has 4 heteroatoms. The van der Waals surface area contributed by atoms with Gasteiger partial charge in [-0.2, -0.15) is 0 Å². The molecule has 1 aromatic heterocycles. The fourth-order valence-electron chi connectivity index (χ4n) is 1.97. The van der Waals surface area contributed by atoms with Crippen LogP contribution in [-0.2, 0) is 0 Å². The van der Waals surface area contributed by atoms with E-state index in [0.717, 1.165) is 18.7 Å². The molecule has 0 atom stereocenters. The van der Waals surface area contributed by atoms with Gasteiger partial charge in [0, 0.05) is 38.6 Å². The molecule has 0 fully saturated rings. The summed E-state index contributed by atoms with van der Waals surface area (Å²) in [4.78, 5) is 20.4. The van der Waals surface area contributed by atoms with Crippen molar-refractivity contribution < 1.29 is 4.79 Å². The van der Waals surface area contributed by atoms with Gasteiger partial charge in [-0.3, -0.25) is 9.78 Å². The monoisotopic (exact) mass is 263 g/mol. The maximum Gasteiger partial charge on any atom is 0.272 e. The molecular formula is C15H25N3O. The predicted molar refractivity (Wildman–Crippen MR) is 79.7 cm³/mol. The van der Waals surface area contributed by atoms with Crippen LogP contribution < -0.4 is 4.90 Å². The molecule has 0 aliphatic rings. The normalized spacial score (nSPS) is 10.3. The fraction of sp³-hybridized carbons (Fsp3) is 0.600. The van der Waals surface area contributed by atoms with Gasteiger partial charge >= 0.3 is 0 Å². The van der Waals surface area contributed by atoms with E-state index in [1.807, 2.05) is 26.0 Å². The van der Waals surface area contributed by atoms with Crippen LogP contribution in [0.5, 0.6) is 0 Å². The Morgan fingerprint density at radius 2 is 1.95 bits per heavy atom. The number of amides is 1. The van der Waals surface area contributed by atoms with Crippen molar-refractivity contribution in [1.82, 2.24) is 9.88 Å². The van der Waals surface area contributed by atoms with Gasteiger partial charge in [-0.05, 0) is 32.4 Å². The Morgan fingerprint density at radius 1 is 1.26 bits per heavy atom. The molecule has 0 spiro atoms. The highest BCUT2D eigenvalue weighted by Crippen LogP contribution is 2.14. The first-order chi connectivity index (χ1) is 9.13. The highest BCUT2D eigenvalue weighted by molar-refractivity contribution is 5.93. The topological polar surface area (TPSA) is 36.4 Å². The van der Waals surface area contributed by atoms with Crippen LogP contribution in [0.15, 0.2) is 18.3 Å². The summed E-state index contributed by atoms with van der Waals surface area (Å²) >= 11 is 0. The van der Waals surface area contributed by atoms with Crippen molar-refractivity contribution in [1.29, 1.82) is 0 Å². The van der Waals surface area contributed by atoms with Gasteiger partial charge in [0.15, 0.2) is 0 Å². The summed E-state index contributed by atoms with van der Waals surface area (Å²) in [6.45, 7) is 8.58. The Balaban J connectivity index is 2.84. The van der Waals surface area contributed by atoms with Gasteiger partial charge in [0.25, 0.3) is 5.91 Å². The molecule has 0 bridgehead atoms. The first-order valence-electron chi connectivity index (χ1n) is 7.10. The van der Waals surface area contributed by atoms with E-state index in [4.69, 9.17) is 0 Å². The smallest absolute Gasteiger partial charge is 0.272 e. The molecule has 0 aliphatic carbocycles. The number of hydrogen-bond acceptors (Lipinski definition) is 3. The summed E-state index contributed by atoms with van der Waals surface area (Å²) in [5, 5.41) is 0. The molecule has 0 radical (unpaired) electrons. The van der Waals surface area contributed by atoms with Crippen LogP contribution >= 0.6 is 0 Å². The first kappa shape index (κ1) is 15.5. The minimum atomic E-state index is 0.00995. The van der Waals surface area contributed by atoms with Gasteiger partial charge in [-0.25, -0.2) is 0 Å². The predicted octanol–water partition coefficient (Wildman–Crippen LogP) is 2.80. The van der Waals surface area contributed by atoms with Crippen LogP contribution in [0.1, 0.15) is 44.1 Å². The maximum absolute atomic E-state index is 12.2. The Kier molecular flexibility index (Phi) is 6.33. The highest BCUT2D eigenvalue weighted by Gasteiger charge is 2.14. The van der Waals surface area contributed by atoms with Gasteiger partial charge in [-0.15, -0.1) is 0 Å². The van der Waals surface area contributed by atoms with Crippen LogP contribution in [0.4, 0.5) is 5.69 Å². The highest BCUT2D eigenvalue weighted by atomic mass is 16.2. The number of carbonyl (C=O) groups is 1. The lowest BCUT2D eigenvalue weighted by molar-refractivity contribution is 0.0767. The Hall–Kier alpha value is -1.58. The summed E-state index contributed by atoms with van der Waals surface area (Å²) in [6, 6.07) is 3.84. The molecule has 1 heterocycles. The zero-order valence-electron chi connectivity index (χ0n) is 12.5. The van der Waals surface area contributed by atoms with E-state index in [0.29, 0.717) is 18.8 Å². The Morgan fingerprint density at radius 3 is 2.53 bits per heavy atom. The Bertz CT molecular complexity index is 402. The molecule has 1 rings (SSSR count). The van der Waals surface area contributed by atoms with Crippen LogP contribution in [0.25, 0.3) is 0 Å². The lowest BCUT2D eigenvalue weighted by Crippen LogP contribution is -2.31. The largest absolute Gasteiger partial charge is 0.374 e. The summed E-state index contributed by atoms with van der Waals surface area (Å²) in [5.74, 6) is 0.00995. The number of anilines is 1. The average Bonchev–Trinajstić information content (AvgIpc) is 2.46. The van der Waals surface area contributed by atoms with E-state index in [1.54, 1.807) is 11.1 Å². The van der Waals surface area contributed by atoms with E-state index >= 15 is 0 Å². The number of pyridine rings is 1. The third-order valence-corrected chi connectivity index (χ3v) is 3.30. The first-order valence-corrected chi connectivity index (χ1v) is 7.10. The van der Waals surface area contributed by atoms with Crippen molar-refractivity contribution in [2.75, 3.05) is 31.6 Å². The summed E-state index contributed by atoms with van der Waals surface area (Å²) < 4.78 is 0. The molecule has 4 nitrogen and oxygen atoms in total. The van der Waals surface area contributed by atoms with Crippen molar-refractivity contribution in [2.45, 2.75) is 33.6 Å². The second-order valence-electron chi connectivity index (χ2n) is 4.65. The molecule has 0 aliphatic heterocycles. The molecule has 19 heavy (non-hydrogen) atoms. The standard InChI is InChI=1S/C15H25N3O/c1-5-8-11-17(4)13-9-10-16-14(12-13)15(19)18(6-2)7-3/h9-10,12H,5-8,11H2,1-4H3. The van der Waals surface area contributed by atoms with Crippen molar-refractivity contribution in [2.24, 2.45) is 0 Å². The molecule has 0 aromatic carbocycles. The van der Waals surface area contributed by atoms with E-state index in [2.05, 4.69) is 23.9 Å². The molecular weight excluding hydrogens is 238 g/mol. The molecule has 0 N–H and O–H groups in total. The number of rotatable bonds is 7. The SMILES string of the molecule is CCCCN(C)c1ccnc(C(=O)N(CC)CC)c1. The van der Waals surface area contributed by atoms with Crippen molar-refractivity contribution in [3.63, 3.8) is 0 Å². The molecule has 106 valence electrons. The Labute approximate surface area is 116 Å². The zero-order chi connectivity index (χ0) is 14.3. The molecule has 0 saturated heterocycles. The van der Waals surface area contributed by atoms with E-state index in [9.17, 15) is 4.79 Å². The van der Waals surface area contributed by atoms with Gasteiger partial charge in [-0.1, -0.05) is 13.3 Å². The van der Waals surface area contributed by atoms with Crippen molar-refractivity contribution in [3.05, 3.63) is 24.0 Å². The van der Waals surface area contributed by atoms with Crippen molar-refractivity contribution in [3.8, 4) is 0 Å². The van der Waals surface area contributed by atoms with Gasteiger partial charge in [0.2, 0.25) is 0 Å². The number of unbranched alkanes of at least 4 members (excludes halogenated alkanes) is 1. The molecule has 1 amide bonds. The van der Waals surface area contributed by atoms with Crippen LogP contribution in [0, 0.1) is 0 Å². The second-order valence-corrected chi connectivity index (χ2v) is 4.65. The van der Waals surface area contributed by atoms with E-state index < -0.39 is 0 Å². The number of aromatic nitrogens is 1.